The van der Waals surface area contributed by atoms with Crippen molar-refractivity contribution < 1.29 is 14.7 Å². The summed E-state index contributed by atoms with van der Waals surface area (Å²) in [4.78, 5) is 28.6. The van der Waals surface area contributed by atoms with Crippen molar-refractivity contribution in [2.45, 2.75) is 19.8 Å². The van der Waals surface area contributed by atoms with E-state index < -0.39 is 5.97 Å². The molecule has 0 bridgehead atoms. The first-order valence-electron chi connectivity index (χ1n) is 8.70. The quantitative estimate of drug-likeness (QED) is 0.764. The van der Waals surface area contributed by atoms with Gasteiger partial charge in [0.2, 0.25) is 0 Å². The highest BCUT2D eigenvalue weighted by molar-refractivity contribution is 6.15. The first kappa shape index (κ1) is 16.9. The lowest BCUT2D eigenvalue weighted by Gasteiger charge is -2.14. The van der Waals surface area contributed by atoms with Crippen molar-refractivity contribution in [2.24, 2.45) is 4.99 Å². The van der Waals surface area contributed by atoms with Crippen LogP contribution in [0, 0.1) is 0 Å². The van der Waals surface area contributed by atoms with Crippen molar-refractivity contribution in [3.05, 3.63) is 71.3 Å². The molecule has 0 fully saturated rings. The molecule has 2 aromatic carbocycles. The zero-order valence-corrected chi connectivity index (χ0v) is 14.7. The lowest BCUT2D eigenvalue weighted by molar-refractivity contribution is 0.0696. The normalized spacial score (nSPS) is 13.2. The number of rotatable bonds is 4. The summed E-state index contributed by atoms with van der Waals surface area (Å²) in [5.74, 6) is -0.652. The molecule has 134 valence electrons. The minimum atomic E-state index is -1.01. The van der Waals surface area contributed by atoms with Gasteiger partial charge in [0.05, 0.1) is 23.4 Å². The summed E-state index contributed by atoms with van der Waals surface area (Å²) in [6.45, 7) is 2.00. The zero-order chi connectivity index (χ0) is 19.0. The van der Waals surface area contributed by atoms with Gasteiger partial charge < -0.3 is 5.11 Å². The van der Waals surface area contributed by atoms with E-state index in [1.54, 1.807) is 18.2 Å². The fourth-order valence-corrected chi connectivity index (χ4v) is 3.27. The third-order valence-corrected chi connectivity index (χ3v) is 4.60. The van der Waals surface area contributed by atoms with Gasteiger partial charge in [-0.15, -0.1) is 0 Å². The highest BCUT2D eigenvalue weighted by atomic mass is 16.4. The van der Waals surface area contributed by atoms with Crippen molar-refractivity contribution in [1.82, 2.24) is 9.78 Å². The Balaban J connectivity index is 1.86. The minimum absolute atomic E-state index is 0.0785. The maximum absolute atomic E-state index is 12.7. The van der Waals surface area contributed by atoms with Gasteiger partial charge >= 0.3 is 5.97 Å². The van der Waals surface area contributed by atoms with E-state index in [1.807, 2.05) is 37.3 Å². The van der Waals surface area contributed by atoms with Gasteiger partial charge in [0.25, 0.3) is 5.91 Å². The van der Waals surface area contributed by atoms with E-state index in [-0.39, 0.29) is 17.9 Å². The zero-order valence-electron chi connectivity index (χ0n) is 14.7. The first-order valence-corrected chi connectivity index (χ1v) is 8.70. The molecule has 27 heavy (non-hydrogen) atoms. The predicted molar refractivity (Wildman–Crippen MR) is 102 cm³/mol. The Kier molecular flexibility index (Phi) is 4.16. The Hall–Kier alpha value is -3.54. The second-order valence-electron chi connectivity index (χ2n) is 6.30. The third kappa shape index (κ3) is 2.95. The second kappa shape index (κ2) is 6.64. The molecule has 2 heterocycles. The monoisotopic (exact) mass is 359 g/mol. The molecule has 4 rings (SSSR count). The predicted octanol–water partition coefficient (Wildman–Crippen LogP) is 3.98. The average molecular weight is 359 g/mol. The SMILES string of the molecule is CCc1c(-c2ccccc2)nn2c1N=C(c1cccc(C(=O)O)c1)CC2=O. The van der Waals surface area contributed by atoms with Crippen molar-refractivity contribution in [3.8, 4) is 11.3 Å². The molecule has 1 aromatic heterocycles. The van der Waals surface area contributed by atoms with Gasteiger partial charge in [0, 0.05) is 11.1 Å². The summed E-state index contributed by atoms with van der Waals surface area (Å²) in [6, 6.07) is 16.2. The Morgan fingerprint density at radius 1 is 1.11 bits per heavy atom. The van der Waals surface area contributed by atoms with Crippen LogP contribution < -0.4 is 0 Å². The molecule has 0 saturated heterocycles. The molecule has 1 aliphatic heterocycles. The Bertz CT molecular complexity index is 1080. The van der Waals surface area contributed by atoms with Crippen LogP contribution in [0.5, 0.6) is 0 Å². The number of carboxylic acids is 1. The summed E-state index contributed by atoms with van der Waals surface area (Å²) < 4.78 is 1.37. The van der Waals surface area contributed by atoms with E-state index in [1.165, 1.54) is 10.7 Å². The van der Waals surface area contributed by atoms with E-state index in [2.05, 4.69) is 10.1 Å². The molecule has 3 aromatic rings. The van der Waals surface area contributed by atoms with Crippen LogP contribution in [0.2, 0.25) is 0 Å². The summed E-state index contributed by atoms with van der Waals surface area (Å²) in [5, 5.41) is 13.7. The Labute approximate surface area is 155 Å². The molecular formula is C21H17N3O3. The van der Waals surface area contributed by atoms with Crippen LogP contribution in [-0.2, 0) is 6.42 Å². The largest absolute Gasteiger partial charge is 0.478 e. The van der Waals surface area contributed by atoms with Gasteiger partial charge in [0.15, 0.2) is 5.82 Å². The number of hydrogen-bond donors (Lipinski definition) is 1. The number of aliphatic imine (C=N–C) groups is 1. The molecule has 0 unspecified atom stereocenters. The molecule has 0 aliphatic carbocycles. The molecule has 0 atom stereocenters. The number of aromatic nitrogens is 2. The maximum atomic E-state index is 12.7. The molecule has 6 heteroatoms. The summed E-state index contributed by atoms with van der Waals surface area (Å²) in [6.07, 6.45) is 0.758. The molecule has 1 N–H and O–H groups in total. The van der Waals surface area contributed by atoms with Crippen LogP contribution in [0.3, 0.4) is 0 Å². The third-order valence-electron chi connectivity index (χ3n) is 4.60. The fraction of sp³-hybridized carbons (Fsp3) is 0.143. The topological polar surface area (TPSA) is 84.6 Å². The van der Waals surface area contributed by atoms with Crippen LogP contribution in [0.4, 0.5) is 5.82 Å². The van der Waals surface area contributed by atoms with Crippen molar-refractivity contribution in [2.75, 3.05) is 0 Å². The fourth-order valence-electron chi connectivity index (χ4n) is 3.27. The van der Waals surface area contributed by atoms with E-state index >= 15 is 0 Å². The Morgan fingerprint density at radius 3 is 2.56 bits per heavy atom. The molecule has 0 amide bonds. The maximum Gasteiger partial charge on any atom is 0.335 e. The highest BCUT2D eigenvalue weighted by Crippen LogP contribution is 2.34. The molecule has 6 nitrogen and oxygen atoms in total. The standard InChI is InChI=1S/C21H17N3O3/c1-2-16-19(13-7-4-3-5-8-13)23-24-18(25)12-17(22-20(16)24)14-9-6-10-15(11-14)21(26)27/h3-11H,2,12H2,1H3,(H,26,27). The van der Waals surface area contributed by atoms with Gasteiger partial charge in [-0.05, 0) is 24.1 Å². The lowest BCUT2D eigenvalue weighted by atomic mass is 10.0. The number of nitrogens with zero attached hydrogens (tertiary/aromatic N) is 3. The molecule has 0 radical (unpaired) electrons. The van der Waals surface area contributed by atoms with E-state index in [4.69, 9.17) is 0 Å². The lowest BCUT2D eigenvalue weighted by Crippen LogP contribution is -2.22. The van der Waals surface area contributed by atoms with Crippen LogP contribution in [0.25, 0.3) is 11.3 Å². The number of benzene rings is 2. The molecule has 0 spiro atoms. The average Bonchev–Trinajstić information content (AvgIpc) is 3.08. The molecule has 1 aliphatic rings. The second-order valence-corrected chi connectivity index (χ2v) is 6.30. The van der Waals surface area contributed by atoms with Gasteiger partial charge in [-0.1, -0.05) is 49.4 Å². The van der Waals surface area contributed by atoms with Crippen LogP contribution >= 0.6 is 0 Å². The summed E-state index contributed by atoms with van der Waals surface area (Å²) >= 11 is 0. The number of hydrogen-bond acceptors (Lipinski definition) is 4. The number of carbonyl (C=O) groups excluding carboxylic acids is 1. The van der Waals surface area contributed by atoms with Crippen LogP contribution in [0.15, 0.2) is 59.6 Å². The van der Waals surface area contributed by atoms with Crippen LogP contribution in [-0.4, -0.2) is 32.5 Å². The summed E-state index contributed by atoms with van der Waals surface area (Å²) in [7, 11) is 0. The number of carbonyl (C=O) groups is 2. The highest BCUT2D eigenvalue weighted by Gasteiger charge is 2.27. The van der Waals surface area contributed by atoms with Crippen molar-refractivity contribution >= 4 is 23.4 Å². The van der Waals surface area contributed by atoms with Gasteiger partial charge in [-0.2, -0.15) is 9.78 Å². The van der Waals surface area contributed by atoms with Gasteiger partial charge in [-0.3, -0.25) is 4.79 Å². The first-order chi connectivity index (χ1) is 13.1. The summed E-state index contributed by atoms with van der Waals surface area (Å²) in [5.41, 5.74) is 3.96. The van der Waals surface area contributed by atoms with Crippen molar-refractivity contribution in [1.29, 1.82) is 0 Å². The van der Waals surface area contributed by atoms with Gasteiger partial charge in [0.1, 0.15) is 0 Å². The molecule has 0 saturated carbocycles. The number of aromatic carboxylic acids is 1. The Morgan fingerprint density at radius 2 is 1.85 bits per heavy atom. The minimum Gasteiger partial charge on any atom is -0.478 e. The smallest absolute Gasteiger partial charge is 0.335 e. The van der Waals surface area contributed by atoms with Crippen molar-refractivity contribution in [3.63, 3.8) is 0 Å². The van der Waals surface area contributed by atoms with Gasteiger partial charge in [-0.25, -0.2) is 9.79 Å². The van der Waals surface area contributed by atoms with Crippen LogP contribution in [0.1, 0.15) is 39.6 Å². The number of fused-ring (bicyclic) bond motifs is 1. The van der Waals surface area contributed by atoms with E-state index in [9.17, 15) is 14.7 Å². The van der Waals surface area contributed by atoms with E-state index in [0.717, 1.165) is 16.8 Å². The van der Waals surface area contributed by atoms with E-state index in [0.29, 0.717) is 23.5 Å². The number of carboxylic acid groups (broad SMARTS) is 1. The molecular weight excluding hydrogens is 342 g/mol.